The summed E-state index contributed by atoms with van der Waals surface area (Å²) in [6.45, 7) is 6.40. The van der Waals surface area contributed by atoms with Gasteiger partial charge in [0.25, 0.3) is 0 Å². The van der Waals surface area contributed by atoms with Gasteiger partial charge < -0.3 is 15.0 Å². The van der Waals surface area contributed by atoms with Gasteiger partial charge in [0, 0.05) is 30.7 Å². The Morgan fingerprint density at radius 1 is 1.40 bits per heavy atom. The highest BCUT2D eigenvalue weighted by Crippen LogP contribution is 2.43. The first-order valence-corrected chi connectivity index (χ1v) is 7.39. The molecule has 1 aromatic rings. The van der Waals surface area contributed by atoms with Gasteiger partial charge in [0.1, 0.15) is 11.6 Å². The largest absolute Gasteiger partial charge is 0.494 e. The molecule has 1 heterocycles. The van der Waals surface area contributed by atoms with Gasteiger partial charge in [-0.15, -0.1) is 0 Å². The molecule has 110 valence electrons. The third-order valence-electron chi connectivity index (χ3n) is 4.76. The lowest BCUT2D eigenvalue weighted by Crippen LogP contribution is -2.63. The van der Waals surface area contributed by atoms with E-state index in [9.17, 15) is 4.39 Å². The Kier molecular flexibility index (Phi) is 3.36. The minimum atomic E-state index is -0.252. The zero-order chi connectivity index (χ0) is 14.3. The Hall–Kier alpha value is -1.29. The van der Waals surface area contributed by atoms with E-state index in [4.69, 9.17) is 4.74 Å². The average Bonchev–Trinajstić information content (AvgIpc) is 3.27. The number of halogens is 1. The van der Waals surface area contributed by atoms with Crippen molar-refractivity contribution in [1.82, 2.24) is 5.32 Å². The fourth-order valence-corrected chi connectivity index (χ4v) is 3.26. The lowest BCUT2D eigenvalue weighted by atomic mass is 9.90. The van der Waals surface area contributed by atoms with Gasteiger partial charge in [-0.25, -0.2) is 4.39 Å². The SMILES string of the molecule is COc1cc(F)ccc1N1CC(C)(C2CC2)NCC1C. The minimum Gasteiger partial charge on any atom is -0.494 e. The molecule has 4 heteroatoms. The van der Waals surface area contributed by atoms with Crippen LogP contribution in [0.25, 0.3) is 0 Å². The second-order valence-corrected chi connectivity index (χ2v) is 6.37. The molecule has 2 atom stereocenters. The number of ether oxygens (including phenoxy) is 1. The van der Waals surface area contributed by atoms with Crippen LogP contribution in [0.5, 0.6) is 5.75 Å². The molecule has 20 heavy (non-hydrogen) atoms. The molecule has 0 aromatic heterocycles. The smallest absolute Gasteiger partial charge is 0.145 e. The maximum absolute atomic E-state index is 13.4. The summed E-state index contributed by atoms with van der Waals surface area (Å²) in [5.74, 6) is 1.14. The molecule has 1 aliphatic heterocycles. The maximum Gasteiger partial charge on any atom is 0.145 e. The normalized spacial score (nSPS) is 30.4. The summed E-state index contributed by atoms with van der Waals surface area (Å²) in [5.41, 5.74) is 1.15. The summed E-state index contributed by atoms with van der Waals surface area (Å²) >= 11 is 0. The van der Waals surface area contributed by atoms with Crippen molar-refractivity contribution in [3.8, 4) is 5.75 Å². The van der Waals surface area contributed by atoms with Gasteiger partial charge >= 0.3 is 0 Å². The molecule has 1 aliphatic carbocycles. The summed E-state index contributed by atoms with van der Waals surface area (Å²) in [7, 11) is 1.60. The Labute approximate surface area is 120 Å². The molecule has 1 saturated carbocycles. The van der Waals surface area contributed by atoms with Gasteiger partial charge in [0.05, 0.1) is 12.8 Å². The molecule has 1 aromatic carbocycles. The highest BCUT2D eigenvalue weighted by molar-refractivity contribution is 5.60. The van der Waals surface area contributed by atoms with Crippen LogP contribution in [0, 0.1) is 11.7 Å². The molecular formula is C16H23FN2O. The van der Waals surface area contributed by atoms with Gasteiger partial charge in [0.15, 0.2) is 0 Å². The molecular weight excluding hydrogens is 255 g/mol. The second kappa shape index (κ2) is 4.92. The van der Waals surface area contributed by atoms with Crippen molar-refractivity contribution in [3.63, 3.8) is 0 Å². The number of methoxy groups -OCH3 is 1. The predicted molar refractivity (Wildman–Crippen MR) is 78.9 cm³/mol. The van der Waals surface area contributed by atoms with E-state index in [0.717, 1.165) is 24.7 Å². The predicted octanol–water partition coefficient (Wildman–Crippen LogP) is 2.80. The molecule has 0 amide bonds. The number of nitrogens with zero attached hydrogens (tertiary/aromatic N) is 1. The molecule has 3 nitrogen and oxygen atoms in total. The van der Waals surface area contributed by atoms with Crippen LogP contribution in [-0.4, -0.2) is 31.8 Å². The van der Waals surface area contributed by atoms with Gasteiger partial charge in [0.2, 0.25) is 0 Å². The number of hydrogen-bond acceptors (Lipinski definition) is 3. The maximum atomic E-state index is 13.4. The molecule has 0 radical (unpaired) electrons. The highest BCUT2D eigenvalue weighted by atomic mass is 19.1. The first kappa shape index (κ1) is 13.7. The minimum absolute atomic E-state index is 0.159. The molecule has 2 aliphatic rings. The summed E-state index contributed by atoms with van der Waals surface area (Å²) in [6.07, 6.45) is 2.62. The highest BCUT2D eigenvalue weighted by Gasteiger charge is 2.45. The van der Waals surface area contributed by atoms with Crippen LogP contribution >= 0.6 is 0 Å². The van der Waals surface area contributed by atoms with Crippen LogP contribution < -0.4 is 15.0 Å². The first-order chi connectivity index (χ1) is 9.53. The van der Waals surface area contributed by atoms with Crippen molar-refractivity contribution in [1.29, 1.82) is 0 Å². The summed E-state index contributed by atoms with van der Waals surface area (Å²) in [6, 6.07) is 5.20. The average molecular weight is 278 g/mol. The lowest BCUT2D eigenvalue weighted by molar-refractivity contribution is 0.259. The molecule has 2 fully saturated rings. The van der Waals surface area contributed by atoms with E-state index >= 15 is 0 Å². The van der Waals surface area contributed by atoms with Crippen LogP contribution in [-0.2, 0) is 0 Å². The Balaban J connectivity index is 1.90. The summed E-state index contributed by atoms with van der Waals surface area (Å²) in [4.78, 5) is 2.35. The van der Waals surface area contributed by atoms with Gasteiger partial charge in [-0.3, -0.25) is 0 Å². The fraction of sp³-hybridized carbons (Fsp3) is 0.625. The monoisotopic (exact) mass is 278 g/mol. The fourth-order valence-electron chi connectivity index (χ4n) is 3.26. The van der Waals surface area contributed by atoms with Crippen LogP contribution in [0.1, 0.15) is 26.7 Å². The van der Waals surface area contributed by atoms with Gasteiger partial charge in [-0.05, 0) is 44.7 Å². The van der Waals surface area contributed by atoms with E-state index in [1.807, 2.05) is 6.07 Å². The van der Waals surface area contributed by atoms with E-state index in [-0.39, 0.29) is 11.4 Å². The van der Waals surface area contributed by atoms with Crippen LogP contribution in [0.15, 0.2) is 18.2 Å². The van der Waals surface area contributed by atoms with Crippen molar-refractivity contribution >= 4 is 5.69 Å². The van der Waals surface area contributed by atoms with E-state index in [0.29, 0.717) is 11.8 Å². The number of rotatable bonds is 3. The van der Waals surface area contributed by atoms with Gasteiger partial charge in [-0.2, -0.15) is 0 Å². The van der Waals surface area contributed by atoms with Crippen molar-refractivity contribution in [2.45, 2.75) is 38.3 Å². The van der Waals surface area contributed by atoms with E-state index in [1.165, 1.54) is 25.0 Å². The number of anilines is 1. The van der Waals surface area contributed by atoms with Crippen molar-refractivity contribution < 1.29 is 9.13 Å². The third kappa shape index (κ3) is 2.37. The van der Waals surface area contributed by atoms with Crippen molar-refractivity contribution in [2.75, 3.05) is 25.1 Å². The topological polar surface area (TPSA) is 24.5 Å². The van der Waals surface area contributed by atoms with Crippen molar-refractivity contribution in [3.05, 3.63) is 24.0 Å². The summed E-state index contributed by atoms with van der Waals surface area (Å²) in [5, 5.41) is 3.70. The number of piperazine rings is 1. The summed E-state index contributed by atoms with van der Waals surface area (Å²) < 4.78 is 18.7. The molecule has 2 unspecified atom stereocenters. The zero-order valence-corrected chi connectivity index (χ0v) is 12.4. The number of nitrogens with one attached hydrogen (secondary N) is 1. The standard InChI is InChI=1S/C16H23FN2O/c1-11-9-18-16(2,12-4-5-12)10-19(11)14-7-6-13(17)8-15(14)20-3/h6-8,11-12,18H,4-5,9-10H2,1-3H3. The molecule has 0 bridgehead atoms. The zero-order valence-electron chi connectivity index (χ0n) is 12.4. The molecule has 1 N–H and O–H groups in total. The van der Waals surface area contributed by atoms with E-state index in [1.54, 1.807) is 7.11 Å². The quantitative estimate of drug-likeness (QED) is 0.920. The van der Waals surface area contributed by atoms with Gasteiger partial charge in [-0.1, -0.05) is 0 Å². The van der Waals surface area contributed by atoms with E-state index in [2.05, 4.69) is 24.1 Å². The second-order valence-electron chi connectivity index (χ2n) is 6.37. The van der Waals surface area contributed by atoms with E-state index < -0.39 is 0 Å². The van der Waals surface area contributed by atoms with Crippen LogP contribution in [0.4, 0.5) is 10.1 Å². The molecule has 1 saturated heterocycles. The molecule has 0 spiro atoms. The Bertz CT molecular complexity index is 503. The van der Waals surface area contributed by atoms with Crippen LogP contribution in [0.2, 0.25) is 0 Å². The third-order valence-corrected chi connectivity index (χ3v) is 4.76. The Morgan fingerprint density at radius 3 is 2.80 bits per heavy atom. The number of benzene rings is 1. The lowest BCUT2D eigenvalue weighted by Gasteiger charge is -2.47. The van der Waals surface area contributed by atoms with Crippen LogP contribution in [0.3, 0.4) is 0 Å². The first-order valence-electron chi connectivity index (χ1n) is 7.39. The van der Waals surface area contributed by atoms with Crippen molar-refractivity contribution in [2.24, 2.45) is 5.92 Å². The molecule has 3 rings (SSSR count). The number of hydrogen-bond donors (Lipinski definition) is 1. The Morgan fingerprint density at radius 2 is 2.15 bits per heavy atom.